The Morgan fingerprint density at radius 3 is 2.57 bits per heavy atom. The molecule has 1 heterocycles. The molecule has 1 atom stereocenters. The van der Waals surface area contributed by atoms with Crippen molar-refractivity contribution in [2.24, 2.45) is 0 Å². The average Bonchev–Trinajstić information content (AvgIpc) is 2.36. The average molecular weight is 219 g/mol. The van der Waals surface area contributed by atoms with Crippen molar-refractivity contribution in [3.05, 3.63) is 0 Å². The second-order valence-corrected chi connectivity index (χ2v) is 6.72. The summed E-state index contributed by atoms with van der Waals surface area (Å²) in [5.41, 5.74) is -0.160. The molecule has 0 spiro atoms. The molecule has 4 heteroatoms. The van der Waals surface area contributed by atoms with E-state index in [-0.39, 0.29) is 5.54 Å². The lowest BCUT2D eigenvalue weighted by atomic mass is 10.0. The lowest BCUT2D eigenvalue weighted by Crippen LogP contribution is -2.43. The summed E-state index contributed by atoms with van der Waals surface area (Å²) in [5, 5.41) is 3.37. The van der Waals surface area contributed by atoms with Crippen LogP contribution in [0, 0.1) is 0 Å². The maximum absolute atomic E-state index is 11.3. The van der Waals surface area contributed by atoms with Gasteiger partial charge in [-0.3, -0.25) is 0 Å². The first-order chi connectivity index (χ1) is 6.47. The van der Waals surface area contributed by atoms with Gasteiger partial charge in [0, 0.05) is 5.54 Å². The van der Waals surface area contributed by atoms with E-state index in [4.69, 9.17) is 0 Å². The Hall–Kier alpha value is -0.0900. The van der Waals surface area contributed by atoms with Gasteiger partial charge in [0.05, 0.1) is 11.5 Å². The maximum atomic E-state index is 11.3. The minimum Gasteiger partial charge on any atom is -0.310 e. The Morgan fingerprint density at radius 2 is 2.07 bits per heavy atom. The van der Waals surface area contributed by atoms with E-state index in [0.717, 1.165) is 19.4 Å². The summed E-state index contributed by atoms with van der Waals surface area (Å²) in [6, 6.07) is 0. The van der Waals surface area contributed by atoms with Gasteiger partial charge < -0.3 is 5.32 Å². The predicted octanol–water partition coefficient (Wildman–Crippen LogP) is 1.34. The van der Waals surface area contributed by atoms with Crippen LogP contribution in [0.2, 0.25) is 0 Å². The number of nitrogens with one attached hydrogen (secondary N) is 1. The van der Waals surface area contributed by atoms with Crippen molar-refractivity contribution < 1.29 is 8.42 Å². The van der Waals surface area contributed by atoms with Gasteiger partial charge in [0.15, 0.2) is 9.84 Å². The Kier molecular flexibility index (Phi) is 3.95. The Balaban J connectivity index is 2.30. The van der Waals surface area contributed by atoms with Crippen molar-refractivity contribution in [3.63, 3.8) is 0 Å². The third kappa shape index (κ3) is 3.58. The van der Waals surface area contributed by atoms with Crippen LogP contribution in [0.4, 0.5) is 0 Å². The van der Waals surface area contributed by atoms with Crippen molar-refractivity contribution in [1.82, 2.24) is 5.32 Å². The molecule has 1 fully saturated rings. The second-order valence-electron chi connectivity index (χ2n) is 4.54. The molecule has 0 aliphatic carbocycles. The van der Waals surface area contributed by atoms with E-state index in [9.17, 15) is 8.42 Å². The van der Waals surface area contributed by atoms with Gasteiger partial charge in [-0.2, -0.15) is 0 Å². The fourth-order valence-corrected chi connectivity index (χ4v) is 4.04. The van der Waals surface area contributed by atoms with Gasteiger partial charge >= 0.3 is 0 Å². The molecule has 1 rings (SSSR count). The molecule has 14 heavy (non-hydrogen) atoms. The van der Waals surface area contributed by atoms with E-state index < -0.39 is 9.84 Å². The summed E-state index contributed by atoms with van der Waals surface area (Å²) in [7, 11) is -2.76. The molecular weight excluding hydrogens is 198 g/mol. The molecule has 0 bridgehead atoms. The number of sulfone groups is 1. The fourth-order valence-electron chi connectivity index (χ4n) is 1.92. The summed E-state index contributed by atoms with van der Waals surface area (Å²) in [4.78, 5) is 0. The van der Waals surface area contributed by atoms with Gasteiger partial charge in [-0.05, 0) is 26.3 Å². The molecule has 1 unspecified atom stereocenters. The molecule has 3 nitrogen and oxygen atoms in total. The third-order valence-electron chi connectivity index (χ3n) is 2.84. The molecule has 0 amide bonds. The topological polar surface area (TPSA) is 46.2 Å². The second kappa shape index (κ2) is 4.62. The van der Waals surface area contributed by atoms with Crippen molar-refractivity contribution in [1.29, 1.82) is 0 Å². The largest absolute Gasteiger partial charge is 0.310 e. The highest BCUT2D eigenvalue weighted by Gasteiger charge is 2.37. The van der Waals surface area contributed by atoms with Crippen LogP contribution in [-0.2, 0) is 9.84 Å². The van der Waals surface area contributed by atoms with Gasteiger partial charge in [-0.15, -0.1) is 0 Å². The zero-order valence-electron chi connectivity index (χ0n) is 9.17. The van der Waals surface area contributed by atoms with Crippen LogP contribution >= 0.6 is 0 Å². The number of unbranched alkanes of at least 4 members (excludes halogenated alkanes) is 2. The standard InChI is InChI=1S/C10H21NO2S/c1-3-4-5-7-11-10(2)6-8-14(12,13)9-10/h11H,3-9H2,1-2H3. The molecular formula is C10H21NO2S. The van der Waals surface area contributed by atoms with E-state index in [1.807, 2.05) is 6.92 Å². The van der Waals surface area contributed by atoms with Crippen molar-refractivity contribution in [2.75, 3.05) is 18.1 Å². The smallest absolute Gasteiger partial charge is 0.152 e. The highest BCUT2D eigenvalue weighted by Crippen LogP contribution is 2.22. The van der Waals surface area contributed by atoms with Crippen LogP contribution in [-0.4, -0.2) is 32.0 Å². The first-order valence-corrected chi connectivity index (χ1v) is 7.25. The normalized spacial score (nSPS) is 30.7. The summed E-state index contributed by atoms with van der Waals surface area (Å²) in [6.07, 6.45) is 4.33. The lowest BCUT2D eigenvalue weighted by molar-refractivity contribution is 0.392. The molecule has 1 saturated heterocycles. The SMILES string of the molecule is CCCCCNC1(C)CCS(=O)(=O)C1. The zero-order valence-corrected chi connectivity index (χ0v) is 9.99. The molecule has 84 valence electrons. The van der Waals surface area contributed by atoms with Crippen molar-refractivity contribution in [2.45, 2.75) is 45.1 Å². The Labute approximate surface area is 87.2 Å². The van der Waals surface area contributed by atoms with Gasteiger partial charge in [0.25, 0.3) is 0 Å². The van der Waals surface area contributed by atoms with Crippen LogP contribution in [0.15, 0.2) is 0 Å². The molecule has 0 aromatic carbocycles. The van der Waals surface area contributed by atoms with Gasteiger partial charge in [-0.25, -0.2) is 8.42 Å². The van der Waals surface area contributed by atoms with E-state index in [1.165, 1.54) is 12.8 Å². The molecule has 0 aromatic heterocycles. The Bertz CT molecular complexity index is 274. The lowest BCUT2D eigenvalue weighted by Gasteiger charge is -2.23. The molecule has 0 aromatic rings. The highest BCUT2D eigenvalue weighted by molar-refractivity contribution is 7.91. The fraction of sp³-hybridized carbons (Fsp3) is 1.00. The molecule has 1 N–H and O–H groups in total. The van der Waals surface area contributed by atoms with Gasteiger partial charge in [0.2, 0.25) is 0 Å². The first-order valence-electron chi connectivity index (χ1n) is 5.43. The minimum absolute atomic E-state index is 0.160. The monoisotopic (exact) mass is 219 g/mol. The van der Waals surface area contributed by atoms with Crippen LogP contribution in [0.5, 0.6) is 0 Å². The van der Waals surface area contributed by atoms with Crippen molar-refractivity contribution >= 4 is 9.84 Å². The molecule has 1 aliphatic heterocycles. The van der Waals surface area contributed by atoms with E-state index in [2.05, 4.69) is 12.2 Å². The molecule has 0 saturated carbocycles. The van der Waals surface area contributed by atoms with E-state index in [0.29, 0.717) is 11.5 Å². The maximum Gasteiger partial charge on any atom is 0.152 e. The summed E-state index contributed by atoms with van der Waals surface area (Å²) >= 11 is 0. The first kappa shape index (κ1) is 12.0. The Morgan fingerprint density at radius 1 is 1.36 bits per heavy atom. The summed E-state index contributed by atoms with van der Waals surface area (Å²) < 4.78 is 22.6. The molecule has 1 aliphatic rings. The van der Waals surface area contributed by atoms with E-state index in [1.54, 1.807) is 0 Å². The van der Waals surface area contributed by atoms with Crippen LogP contribution in [0.1, 0.15) is 39.5 Å². The highest BCUT2D eigenvalue weighted by atomic mass is 32.2. The van der Waals surface area contributed by atoms with Crippen LogP contribution in [0.3, 0.4) is 0 Å². The summed E-state index contributed by atoms with van der Waals surface area (Å²) in [6.45, 7) is 5.13. The van der Waals surface area contributed by atoms with Gasteiger partial charge in [-0.1, -0.05) is 19.8 Å². The number of hydrogen-bond acceptors (Lipinski definition) is 3. The zero-order chi connectivity index (χ0) is 10.7. The third-order valence-corrected chi connectivity index (χ3v) is 4.74. The summed E-state index contributed by atoms with van der Waals surface area (Å²) in [5.74, 6) is 0.663. The quantitative estimate of drug-likeness (QED) is 0.710. The number of hydrogen-bond donors (Lipinski definition) is 1. The molecule has 0 radical (unpaired) electrons. The van der Waals surface area contributed by atoms with Crippen LogP contribution in [0.25, 0.3) is 0 Å². The van der Waals surface area contributed by atoms with Crippen molar-refractivity contribution in [3.8, 4) is 0 Å². The minimum atomic E-state index is -2.76. The van der Waals surface area contributed by atoms with E-state index >= 15 is 0 Å². The number of rotatable bonds is 5. The van der Waals surface area contributed by atoms with Crippen LogP contribution < -0.4 is 5.32 Å². The predicted molar refractivity (Wildman–Crippen MR) is 59.2 cm³/mol. The van der Waals surface area contributed by atoms with Gasteiger partial charge in [0.1, 0.15) is 0 Å².